The molecule has 0 aliphatic rings. The minimum absolute atomic E-state index is 0.0865. The Morgan fingerprint density at radius 2 is 2.07 bits per heavy atom. The zero-order valence-corrected chi connectivity index (χ0v) is 7.98. The van der Waals surface area contributed by atoms with Gasteiger partial charge in [0, 0.05) is 12.3 Å². The summed E-state index contributed by atoms with van der Waals surface area (Å²) in [7, 11) is 0. The zero-order valence-electron chi connectivity index (χ0n) is 7.22. The average molecular weight is 207 g/mol. The third kappa shape index (κ3) is 1.67. The highest BCUT2D eigenvalue weighted by Gasteiger charge is 1.97. The van der Waals surface area contributed by atoms with Gasteiger partial charge in [-0.05, 0) is 18.2 Å². The number of hydrogen-bond donors (Lipinski definition) is 0. The molecule has 0 saturated heterocycles. The van der Waals surface area contributed by atoms with Gasteiger partial charge in [0.05, 0.1) is 11.9 Å². The van der Waals surface area contributed by atoms with Crippen LogP contribution in [0.15, 0.2) is 47.5 Å². The Labute approximate surface area is 85.6 Å². The quantitative estimate of drug-likeness (QED) is 0.668. The Morgan fingerprint density at radius 3 is 2.71 bits per heavy atom. The number of hydrogen-bond acceptors (Lipinski definition) is 2. The molecule has 0 aliphatic carbocycles. The minimum atomic E-state index is -0.0865. The van der Waals surface area contributed by atoms with Crippen molar-refractivity contribution in [2.24, 2.45) is 0 Å². The summed E-state index contributed by atoms with van der Waals surface area (Å²) in [6, 6.07) is 8.37. The predicted octanol–water partition coefficient (Wildman–Crippen LogP) is 1.89. The minimum Gasteiger partial charge on any atom is -0.283 e. The third-order valence-corrected chi connectivity index (χ3v) is 2.04. The van der Waals surface area contributed by atoms with Gasteiger partial charge < -0.3 is 0 Å². The molecule has 14 heavy (non-hydrogen) atoms. The summed E-state index contributed by atoms with van der Waals surface area (Å²) in [6.45, 7) is 0. The highest BCUT2D eigenvalue weighted by Crippen LogP contribution is 2.07. The van der Waals surface area contributed by atoms with Crippen molar-refractivity contribution >= 4 is 11.6 Å². The monoisotopic (exact) mass is 206 g/mol. The molecule has 2 aromatic rings. The van der Waals surface area contributed by atoms with E-state index >= 15 is 0 Å². The van der Waals surface area contributed by atoms with Crippen LogP contribution in [-0.4, -0.2) is 9.55 Å². The van der Waals surface area contributed by atoms with Gasteiger partial charge in [0.25, 0.3) is 5.56 Å². The molecule has 2 heterocycles. The summed E-state index contributed by atoms with van der Waals surface area (Å²) >= 11 is 5.64. The van der Waals surface area contributed by atoms with Crippen molar-refractivity contribution in [3.63, 3.8) is 0 Å². The van der Waals surface area contributed by atoms with Crippen LogP contribution in [0.25, 0.3) is 5.69 Å². The average Bonchev–Trinajstić information content (AvgIpc) is 2.20. The summed E-state index contributed by atoms with van der Waals surface area (Å²) in [4.78, 5) is 15.3. The summed E-state index contributed by atoms with van der Waals surface area (Å²) < 4.78 is 1.50. The van der Waals surface area contributed by atoms with Crippen LogP contribution in [0.2, 0.25) is 5.15 Å². The molecule has 0 fully saturated rings. The zero-order chi connectivity index (χ0) is 9.97. The standard InChI is InChI=1S/C10H7ClN2O/c11-9-5-4-8(7-12-9)13-6-2-1-3-10(13)14/h1-7H. The first-order valence-electron chi connectivity index (χ1n) is 4.07. The molecular formula is C10H7ClN2O. The van der Waals surface area contributed by atoms with Gasteiger partial charge in [-0.2, -0.15) is 0 Å². The van der Waals surface area contributed by atoms with Crippen molar-refractivity contribution in [1.29, 1.82) is 0 Å². The van der Waals surface area contributed by atoms with E-state index in [-0.39, 0.29) is 5.56 Å². The van der Waals surface area contributed by atoms with E-state index in [0.29, 0.717) is 10.8 Å². The molecule has 0 amide bonds. The van der Waals surface area contributed by atoms with Crippen LogP contribution in [-0.2, 0) is 0 Å². The van der Waals surface area contributed by atoms with E-state index in [2.05, 4.69) is 4.98 Å². The Bertz CT molecular complexity index is 490. The number of nitrogens with zero attached hydrogens (tertiary/aromatic N) is 2. The van der Waals surface area contributed by atoms with Gasteiger partial charge in [0.15, 0.2) is 0 Å². The van der Waals surface area contributed by atoms with E-state index in [1.54, 1.807) is 36.7 Å². The largest absolute Gasteiger partial charge is 0.283 e. The van der Waals surface area contributed by atoms with E-state index in [9.17, 15) is 4.79 Å². The van der Waals surface area contributed by atoms with E-state index in [1.807, 2.05) is 0 Å². The van der Waals surface area contributed by atoms with Crippen LogP contribution < -0.4 is 5.56 Å². The first-order chi connectivity index (χ1) is 6.77. The lowest BCUT2D eigenvalue weighted by atomic mass is 10.4. The normalized spacial score (nSPS) is 10.1. The molecule has 0 atom stereocenters. The van der Waals surface area contributed by atoms with Crippen LogP contribution in [0.3, 0.4) is 0 Å². The number of pyridine rings is 2. The number of halogens is 1. The van der Waals surface area contributed by atoms with Crippen molar-refractivity contribution in [3.05, 3.63) is 58.2 Å². The molecule has 0 aromatic carbocycles. The summed E-state index contributed by atoms with van der Waals surface area (Å²) in [6.07, 6.45) is 3.25. The van der Waals surface area contributed by atoms with Gasteiger partial charge in [-0.1, -0.05) is 17.7 Å². The topological polar surface area (TPSA) is 34.9 Å². The lowest BCUT2D eigenvalue weighted by Gasteiger charge is -2.03. The van der Waals surface area contributed by atoms with E-state index < -0.39 is 0 Å². The van der Waals surface area contributed by atoms with Crippen molar-refractivity contribution in [2.45, 2.75) is 0 Å². The summed E-state index contributed by atoms with van der Waals surface area (Å²) in [5.74, 6) is 0. The second-order valence-corrected chi connectivity index (χ2v) is 3.14. The molecule has 0 radical (unpaired) electrons. The Hall–Kier alpha value is -1.61. The smallest absolute Gasteiger partial charge is 0.255 e. The fourth-order valence-corrected chi connectivity index (χ4v) is 1.26. The van der Waals surface area contributed by atoms with Crippen molar-refractivity contribution in [3.8, 4) is 5.69 Å². The second-order valence-electron chi connectivity index (χ2n) is 2.75. The molecule has 4 heteroatoms. The maximum absolute atomic E-state index is 11.4. The summed E-state index contributed by atoms with van der Waals surface area (Å²) in [5.41, 5.74) is 0.622. The molecule has 0 saturated carbocycles. The van der Waals surface area contributed by atoms with Crippen molar-refractivity contribution in [2.75, 3.05) is 0 Å². The molecule has 0 spiro atoms. The second kappa shape index (κ2) is 3.64. The lowest BCUT2D eigenvalue weighted by Crippen LogP contribution is -2.15. The SMILES string of the molecule is O=c1ccccn1-c1ccc(Cl)nc1. The van der Waals surface area contributed by atoms with Crippen molar-refractivity contribution in [1.82, 2.24) is 9.55 Å². The molecule has 70 valence electrons. The highest BCUT2D eigenvalue weighted by atomic mass is 35.5. The van der Waals surface area contributed by atoms with Crippen LogP contribution in [0.4, 0.5) is 0 Å². The van der Waals surface area contributed by atoms with Crippen LogP contribution in [0, 0.1) is 0 Å². The molecule has 0 bridgehead atoms. The maximum Gasteiger partial charge on any atom is 0.255 e. The molecule has 3 nitrogen and oxygen atoms in total. The van der Waals surface area contributed by atoms with Crippen molar-refractivity contribution < 1.29 is 0 Å². The van der Waals surface area contributed by atoms with Gasteiger partial charge in [0.1, 0.15) is 5.15 Å². The van der Waals surface area contributed by atoms with E-state index in [1.165, 1.54) is 10.6 Å². The van der Waals surface area contributed by atoms with E-state index in [0.717, 1.165) is 0 Å². The molecule has 0 aliphatic heterocycles. The Morgan fingerprint density at radius 1 is 1.21 bits per heavy atom. The predicted molar refractivity (Wildman–Crippen MR) is 54.8 cm³/mol. The third-order valence-electron chi connectivity index (χ3n) is 1.81. The molecule has 2 aromatic heterocycles. The van der Waals surface area contributed by atoms with Gasteiger partial charge in [-0.25, -0.2) is 4.98 Å². The molecule has 0 N–H and O–H groups in total. The fraction of sp³-hybridized carbons (Fsp3) is 0. The highest BCUT2D eigenvalue weighted by molar-refractivity contribution is 6.29. The maximum atomic E-state index is 11.4. The summed E-state index contributed by atoms with van der Waals surface area (Å²) in [5, 5.41) is 0.415. The van der Waals surface area contributed by atoms with Gasteiger partial charge in [0.2, 0.25) is 0 Å². The molecule has 2 rings (SSSR count). The van der Waals surface area contributed by atoms with Crippen LogP contribution >= 0.6 is 11.6 Å². The van der Waals surface area contributed by atoms with Crippen LogP contribution in [0.1, 0.15) is 0 Å². The first kappa shape index (κ1) is 8.97. The van der Waals surface area contributed by atoms with E-state index in [4.69, 9.17) is 11.6 Å². The number of rotatable bonds is 1. The van der Waals surface area contributed by atoms with Gasteiger partial charge in [-0.15, -0.1) is 0 Å². The Kier molecular flexibility index (Phi) is 2.33. The molecular weight excluding hydrogens is 200 g/mol. The fourth-order valence-electron chi connectivity index (χ4n) is 1.15. The van der Waals surface area contributed by atoms with Gasteiger partial charge in [-0.3, -0.25) is 9.36 Å². The number of aromatic nitrogens is 2. The van der Waals surface area contributed by atoms with Crippen LogP contribution in [0.5, 0.6) is 0 Å². The lowest BCUT2D eigenvalue weighted by molar-refractivity contribution is 0.978. The Balaban J connectivity index is 2.56. The molecule has 0 unspecified atom stereocenters. The first-order valence-corrected chi connectivity index (χ1v) is 4.45. The van der Waals surface area contributed by atoms with Gasteiger partial charge >= 0.3 is 0 Å².